The summed E-state index contributed by atoms with van der Waals surface area (Å²) in [7, 11) is 0. The van der Waals surface area contributed by atoms with E-state index in [0.29, 0.717) is 48.0 Å². The van der Waals surface area contributed by atoms with Crippen LogP contribution in [0.1, 0.15) is 68.5 Å². The van der Waals surface area contributed by atoms with E-state index in [0.717, 1.165) is 30.6 Å². The van der Waals surface area contributed by atoms with E-state index in [1.165, 1.54) is 11.2 Å². The van der Waals surface area contributed by atoms with Crippen LogP contribution < -0.4 is 14.2 Å². The number of likely N-dealkylation sites (tertiary alicyclic amines) is 1. The van der Waals surface area contributed by atoms with Gasteiger partial charge in [-0.25, -0.2) is 0 Å². The molecule has 3 heterocycles. The predicted octanol–water partition coefficient (Wildman–Crippen LogP) is 6.19. The van der Waals surface area contributed by atoms with Crippen LogP contribution >= 0.6 is 0 Å². The number of aliphatic hydroxyl groups is 1. The van der Waals surface area contributed by atoms with Crippen LogP contribution in [0.3, 0.4) is 0 Å². The lowest BCUT2D eigenvalue weighted by Crippen LogP contribution is -2.29. The first-order chi connectivity index (χ1) is 19.4. The summed E-state index contributed by atoms with van der Waals surface area (Å²) in [5.41, 5.74) is 2.04. The summed E-state index contributed by atoms with van der Waals surface area (Å²) in [6.45, 7) is 7.04. The number of aliphatic hydroxyl groups excluding tert-OH is 1. The second-order valence-corrected chi connectivity index (χ2v) is 10.2. The van der Waals surface area contributed by atoms with Gasteiger partial charge in [-0.05, 0) is 73.9 Å². The number of unbranched alkanes of at least 4 members (excludes halogenated alkanes) is 2. The van der Waals surface area contributed by atoms with E-state index in [2.05, 4.69) is 6.92 Å². The number of ether oxygens (including phenoxy) is 3. The highest BCUT2D eigenvalue weighted by molar-refractivity contribution is 6.46. The SMILES string of the molecule is CCCCCOc1ccc([C@H]2/C(=C(\O)c3ccc4c(c3)C[C@H](C)O4)C(=O)C(=O)N2Cc2ccco2)cc1OCC. The molecule has 8 heteroatoms. The van der Waals surface area contributed by atoms with Crippen molar-refractivity contribution in [2.24, 2.45) is 0 Å². The number of Topliss-reactive ketones (excluding diaryl/α,β-unsaturated/α-hetero) is 1. The average molecular weight is 546 g/mol. The molecule has 0 saturated carbocycles. The van der Waals surface area contributed by atoms with Crippen molar-refractivity contribution in [3.05, 3.63) is 82.8 Å². The van der Waals surface area contributed by atoms with Crippen molar-refractivity contribution in [3.63, 3.8) is 0 Å². The predicted molar refractivity (Wildman–Crippen MR) is 149 cm³/mol. The molecule has 2 atom stereocenters. The fraction of sp³-hybridized carbons (Fsp3) is 0.375. The van der Waals surface area contributed by atoms with Crippen molar-refractivity contribution in [1.82, 2.24) is 4.90 Å². The summed E-state index contributed by atoms with van der Waals surface area (Å²) in [4.78, 5) is 28.3. The summed E-state index contributed by atoms with van der Waals surface area (Å²) >= 11 is 0. The van der Waals surface area contributed by atoms with E-state index < -0.39 is 17.7 Å². The molecule has 1 amide bonds. The summed E-state index contributed by atoms with van der Waals surface area (Å²) in [5.74, 6) is 0.703. The monoisotopic (exact) mass is 545 g/mol. The summed E-state index contributed by atoms with van der Waals surface area (Å²) < 4.78 is 23.2. The van der Waals surface area contributed by atoms with Crippen molar-refractivity contribution in [3.8, 4) is 17.2 Å². The number of nitrogens with zero attached hydrogens (tertiary/aromatic N) is 1. The molecule has 0 spiro atoms. The first kappa shape index (κ1) is 27.4. The number of carbonyl (C=O) groups is 2. The number of fused-ring (bicyclic) bond motifs is 1. The molecule has 1 saturated heterocycles. The summed E-state index contributed by atoms with van der Waals surface area (Å²) in [6.07, 6.45) is 5.34. The Labute approximate surface area is 234 Å². The van der Waals surface area contributed by atoms with E-state index >= 15 is 0 Å². The lowest BCUT2D eigenvalue weighted by molar-refractivity contribution is -0.140. The normalized spacial score (nSPS) is 19.5. The number of rotatable bonds is 11. The smallest absolute Gasteiger partial charge is 0.296 e. The third-order valence-electron chi connectivity index (χ3n) is 7.20. The van der Waals surface area contributed by atoms with E-state index in [1.54, 1.807) is 36.4 Å². The molecule has 5 rings (SSSR count). The molecule has 210 valence electrons. The Kier molecular flexibility index (Phi) is 8.14. The highest BCUT2D eigenvalue weighted by Crippen LogP contribution is 2.43. The van der Waals surface area contributed by atoms with Gasteiger partial charge in [-0.1, -0.05) is 25.8 Å². The Hall–Kier alpha value is -4.20. The van der Waals surface area contributed by atoms with Gasteiger partial charge in [0.1, 0.15) is 23.4 Å². The largest absolute Gasteiger partial charge is 0.507 e. The van der Waals surface area contributed by atoms with Crippen molar-refractivity contribution in [1.29, 1.82) is 0 Å². The minimum atomic E-state index is -0.859. The number of hydrogen-bond acceptors (Lipinski definition) is 7. The Morgan fingerprint density at radius 1 is 1.05 bits per heavy atom. The molecule has 2 aromatic carbocycles. The molecule has 40 heavy (non-hydrogen) atoms. The molecule has 0 bridgehead atoms. The Bertz CT molecular complexity index is 1410. The first-order valence-corrected chi connectivity index (χ1v) is 13.9. The van der Waals surface area contributed by atoms with Crippen molar-refractivity contribution < 1.29 is 33.3 Å². The summed E-state index contributed by atoms with van der Waals surface area (Å²) in [5, 5.41) is 11.5. The number of furan rings is 1. The molecule has 0 unspecified atom stereocenters. The average Bonchev–Trinajstić information content (AvgIpc) is 3.66. The molecular formula is C32H35NO7. The Balaban J connectivity index is 1.58. The van der Waals surface area contributed by atoms with E-state index in [1.807, 2.05) is 26.0 Å². The van der Waals surface area contributed by atoms with Crippen LogP contribution in [-0.4, -0.2) is 41.0 Å². The zero-order chi connectivity index (χ0) is 28.2. The van der Waals surface area contributed by atoms with Gasteiger partial charge in [0.05, 0.1) is 37.6 Å². The topological polar surface area (TPSA) is 98.4 Å². The van der Waals surface area contributed by atoms with Gasteiger partial charge in [-0.2, -0.15) is 0 Å². The number of hydrogen-bond donors (Lipinski definition) is 1. The first-order valence-electron chi connectivity index (χ1n) is 13.9. The van der Waals surface area contributed by atoms with Gasteiger partial charge < -0.3 is 28.6 Å². The van der Waals surface area contributed by atoms with Crippen molar-refractivity contribution in [2.45, 2.75) is 65.1 Å². The van der Waals surface area contributed by atoms with Crippen LogP contribution in [0, 0.1) is 0 Å². The number of benzene rings is 2. The van der Waals surface area contributed by atoms with E-state index in [-0.39, 0.29) is 24.0 Å². The number of amides is 1. The minimum Gasteiger partial charge on any atom is -0.507 e. The summed E-state index contributed by atoms with van der Waals surface area (Å²) in [6, 6.07) is 13.3. The highest BCUT2D eigenvalue weighted by Gasteiger charge is 2.46. The Morgan fingerprint density at radius 2 is 1.90 bits per heavy atom. The zero-order valence-electron chi connectivity index (χ0n) is 23.1. The van der Waals surface area contributed by atoms with Gasteiger partial charge in [0, 0.05) is 12.0 Å². The fourth-order valence-corrected chi connectivity index (χ4v) is 5.30. The lowest BCUT2D eigenvalue weighted by atomic mass is 9.94. The van der Waals surface area contributed by atoms with Crippen LogP contribution in [0.15, 0.2) is 64.8 Å². The van der Waals surface area contributed by atoms with Crippen LogP contribution in [0.4, 0.5) is 0 Å². The molecule has 3 aromatic rings. The molecular weight excluding hydrogens is 510 g/mol. The molecule has 0 aliphatic carbocycles. The lowest BCUT2D eigenvalue weighted by Gasteiger charge is -2.25. The molecule has 1 fully saturated rings. The van der Waals surface area contributed by atoms with Crippen molar-refractivity contribution >= 4 is 17.4 Å². The number of carbonyl (C=O) groups excluding carboxylic acids is 2. The maximum atomic E-state index is 13.5. The second kappa shape index (κ2) is 11.9. The second-order valence-electron chi connectivity index (χ2n) is 10.2. The molecule has 2 aliphatic rings. The van der Waals surface area contributed by atoms with Crippen molar-refractivity contribution in [2.75, 3.05) is 13.2 Å². The van der Waals surface area contributed by atoms with Crippen LogP contribution in [0.25, 0.3) is 5.76 Å². The molecule has 2 aliphatic heterocycles. The fourth-order valence-electron chi connectivity index (χ4n) is 5.30. The van der Waals surface area contributed by atoms with E-state index in [4.69, 9.17) is 18.6 Å². The molecule has 8 nitrogen and oxygen atoms in total. The quantitative estimate of drug-likeness (QED) is 0.133. The maximum Gasteiger partial charge on any atom is 0.296 e. The van der Waals surface area contributed by atoms with Gasteiger partial charge in [0.25, 0.3) is 11.7 Å². The maximum absolute atomic E-state index is 13.5. The van der Waals surface area contributed by atoms with Gasteiger partial charge in [-0.3, -0.25) is 9.59 Å². The van der Waals surface area contributed by atoms with Crippen LogP contribution in [0.5, 0.6) is 17.2 Å². The minimum absolute atomic E-state index is 0.0162. The Morgan fingerprint density at radius 3 is 2.65 bits per heavy atom. The number of ketones is 1. The van der Waals surface area contributed by atoms with Crippen LogP contribution in [0.2, 0.25) is 0 Å². The zero-order valence-corrected chi connectivity index (χ0v) is 23.1. The molecule has 1 N–H and O–H groups in total. The third-order valence-corrected chi connectivity index (χ3v) is 7.20. The van der Waals surface area contributed by atoms with Gasteiger partial charge in [-0.15, -0.1) is 0 Å². The van der Waals surface area contributed by atoms with E-state index in [9.17, 15) is 14.7 Å². The molecule has 1 aromatic heterocycles. The third kappa shape index (κ3) is 5.43. The van der Waals surface area contributed by atoms with Gasteiger partial charge in [0.15, 0.2) is 11.5 Å². The standard InChI is InChI=1S/C32H35NO7/c1-4-6-7-14-39-26-13-10-21(18-27(26)37-5-2)29-28(31(35)32(36)33(29)19-24-9-8-15-38-24)30(34)22-11-12-25-23(17-22)16-20(3)40-25/h8-13,15,17-18,20,29,34H,4-7,14,16,19H2,1-3H3/b30-28+/t20-,29-/m0/s1. The molecule has 0 radical (unpaired) electrons. The van der Waals surface area contributed by atoms with Gasteiger partial charge in [0.2, 0.25) is 0 Å². The van der Waals surface area contributed by atoms with Crippen LogP contribution in [-0.2, 0) is 22.6 Å². The van der Waals surface area contributed by atoms with Gasteiger partial charge >= 0.3 is 0 Å². The highest BCUT2D eigenvalue weighted by atomic mass is 16.5.